The molecular formula is C34H18F6N2O2. The topological polar surface area (TPSA) is 42.3 Å². The van der Waals surface area contributed by atoms with Gasteiger partial charge < -0.3 is 4.57 Å². The van der Waals surface area contributed by atoms with E-state index in [-0.39, 0.29) is 33.3 Å². The Morgan fingerprint density at radius 2 is 0.977 bits per heavy atom. The molecule has 0 fully saturated rings. The summed E-state index contributed by atoms with van der Waals surface area (Å²) in [6, 6.07) is 26.0. The summed E-state index contributed by atoms with van der Waals surface area (Å²) in [5, 5.41) is -0.164. The third kappa shape index (κ3) is 4.01. The molecule has 0 aliphatic carbocycles. The highest BCUT2D eigenvalue weighted by Crippen LogP contribution is 2.46. The summed E-state index contributed by atoms with van der Waals surface area (Å²) >= 11 is 0. The maximum Gasteiger partial charge on any atom is 0.418 e. The molecule has 0 spiro atoms. The number of para-hydroxylation sites is 3. The van der Waals surface area contributed by atoms with Crippen LogP contribution < -0.4 is 4.90 Å². The number of hydrogen-bond donors (Lipinski definition) is 0. The van der Waals surface area contributed by atoms with E-state index < -0.39 is 46.3 Å². The molecule has 0 N–H and O–H groups in total. The van der Waals surface area contributed by atoms with E-state index in [1.165, 1.54) is 30.3 Å². The summed E-state index contributed by atoms with van der Waals surface area (Å²) in [4.78, 5) is 28.9. The Hall–Kier alpha value is -5.38. The molecule has 0 saturated heterocycles. The Labute approximate surface area is 245 Å². The SMILES string of the molecule is O=C1c2cccc(-n3c4c(C(F)(F)F)cccc4c4cccc(C(F)(F)F)c43)c2C(=O)N1c1ccccc1-c1ccccc1. The highest BCUT2D eigenvalue weighted by atomic mass is 19.4. The van der Waals surface area contributed by atoms with Gasteiger partial charge in [0.15, 0.2) is 0 Å². The van der Waals surface area contributed by atoms with E-state index in [0.29, 0.717) is 11.1 Å². The zero-order chi connectivity index (χ0) is 31.0. The lowest BCUT2D eigenvalue weighted by Crippen LogP contribution is -2.30. The van der Waals surface area contributed by atoms with Gasteiger partial charge in [-0.05, 0) is 35.9 Å². The Morgan fingerprint density at radius 3 is 1.57 bits per heavy atom. The molecule has 2 amide bonds. The predicted molar refractivity (Wildman–Crippen MR) is 154 cm³/mol. The molecule has 1 aliphatic rings. The molecule has 44 heavy (non-hydrogen) atoms. The molecule has 0 atom stereocenters. The number of carbonyl (C=O) groups is 2. The van der Waals surface area contributed by atoms with Crippen LogP contribution in [0.25, 0.3) is 38.6 Å². The number of hydrogen-bond acceptors (Lipinski definition) is 2. The Kier molecular flexibility index (Phi) is 5.97. The number of benzene rings is 5. The number of rotatable bonds is 3. The summed E-state index contributed by atoms with van der Waals surface area (Å²) in [6.45, 7) is 0. The summed E-state index contributed by atoms with van der Waals surface area (Å²) < 4.78 is 87.3. The van der Waals surface area contributed by atoms with Crippen LogP contribution in [0.15, 0.2) is 109 Å². The largest absolute Gasteiger partial charge is 0.418 e. The van der Waals surface area contributed by atoms with E-state index in [1.54, 1.807) is 54.6 Å². The van der Waals surface area contributed by atoms with E-state index in [4.69, 9.17) is 0 Å². The lowest BCUT2D eigenvalue weighted by atomic mass is 10.0. The molecule has 2 heterocycles. The van der Waals surface area contributed by atoms with Gasteiger partial charge in [-0.3, -0.25) is 9.59 Å². The number of anilines is 1. The molecule has 10 heteroatoms. The molecule has 0 saturated carbocycles. The summed E-state index contributed by atoms with van der Waals surface area (Å²) in [5.74, 6) is -1.61. The molecule has 5 aromatic carbocycles. The van der Waals surface area contributed by atoms with E-state index in [0.717, 1.165) is 33.7 Å². The van der Waals surface area contributed by atoms with Crippen molar-refractivity contribution in [2.24, 2.45) is 0 Å². The van der Waals surface area contributed by atoms with Gasteiger partial charge in [0.25, 0.3) is 11.8 Å². The van der Waals surface area contributed by atoms with Gasteiger partial charge in [-0.25, -0.2) is 4.90 Å². The molecule has 0 radical (unpaired) electrons. The minimum Gasteiger partial charge on any atom is -0.307 e. The highest BCUT2D eigenvalue weighted by Gasteiger charge is 2.43. The molecular weight excluding hydrogens is 582 g/mol. The predicted octanol–water partition coefficient (Wildman–Crippen LogP) is 9.29. The van der Waals surface area contributed by atoms with Crippen molar-refractivity contribution in [3.63, 3.8) is 0 Å². The van der Waals surface area contributed by atoms with Gasteiger partial charge in [-0.1, -0.05) is 78.9 Å². The van der Waals surface area contributed by atoms with Gasteiger partial charge in [-0.15, -0.1) is 0 Å². The van der Waals surface area contributed by atoms with Crippen molar-refractivity contribution in [1.82, 2.24) is 4.57 Å². The van der Waals surface area contributed by atoms with Crippen molar-refractivity contribution in [2.75, 3.05) is 4.90 Å². The zero-order valence-corrected chi connectivity index (χ0v) is 22.4. The number of aromatic nitrogens is 1. The number of alkyl halides is 6. The molecule has 4 nitrogen and oxygen atoms in total. The maximum atomic E-state index is 14.4. The van der Waals surface area contributed by atoms with Gasteiger partial charge in [0.2, 0.25) is 0 Å². The minimum absolute atomic E-state index is 0.0819. The van der Waals surface area contributed by atoms with Gasteiger partial charge in [0.05, 0.1) is 44.7 Å². The van der Waals surface area contributed by atoms with Crippen LogP contribution >= 0.6 is 0 Å². The van der Waals surface area contributed by atoms with Crippen LogP contribution in [0.4, 0.5) is 32.0 Å². The summed E-state index contributed by atoms with van der Waals surface area (Å²) in [5.41, 5.74) is -2.70. The van der Waals surface area contributed by atoms with Crippen molar-refractivity contribution in [3.05, 3.63) is 131 Å². The van der Waals surface area contributed by atoms with E-state index in [9.17, 15) is 35.9 Å². The first-order valence-corrected chi connectivity index (χ1v) is 13.4. The second-order valence-corrected chi connectivity index (χ2v) is 10.3. The van der Waals surface area contributed by atoms with Gasteiger partial charge in [0, 0.05) is 16.3 Å². The van der Waals surface area contributed by atoms with Gasteiger partial charge in [-0.2, -0.15) is 26.3 Å². The normalized spacial score (nSPS) is 13.7. The van der Waals surface area contributed by atoms with Crippen molar-refractivity contribution in [3.8, 4) is 16.8 Å². The number of nitrogens with zero attached hydrogens (tertiary/aromatic N) is 2. The fraction of sp³-hybridized carbons (Fsp3) is 0.0588. The van der Waals surface area contributed by atoms with E-state index in [2.05, 4.69) is 0 Å². The van der Waals surface area contributed by atoms with Crippen LogP contribution in [0.1, 0.15) is 31.8 Å². The van der Waals surface area contributed by atoms with Gasteiger partial charge >= 0.3 is 12.4 Å². The molecule has 0 bridgehead atoms. The van der Waals surface area contributed by atoms with Crippen molar-refractivity contribution >= 4 is 39.3 Å². The van der Waals surface area contributed by atoms with E-state index in [1.807, 2.05) is 0 Å². The van der Waals surface area contributed by atoms with Crippen molar-refractivity contribution in [2.45, 2.75) is 12.4 Å². The van der Waals surface area contributed by atoms with Crippen LogP contribution in [-0.2, 0) is 12.4 Å². The summed E-state index contributed by atoms with van der Waals surface area (Å²) in [6.07, 6.45) is -9.88. The number of imide groups is 1. The Morgan fingerprint density at radius 1 is 0.477 bits per heavy atom. The molecule has 1 aromatic heterocycles. The third-order valence-electron chi connectivity index (χ3n) is 7.78. The smallest absolute Gasteiger partial charge is 0.307 e. The number of amides is 2. The van der Waals surface area contributed by atoms with Crippen LogP contribution in [0.2, 0.25) is 0 Å². The first-order chi connectivity index (χ1) is 21.0. The molecule has 1 aliphatic heterocycles. The van der Waals surface area contributed by atoms with Crippen LogP contribution in [0.3, 0.4) is 0 Å². The van der Waals surface area contributed by atoms with Crippen LogP contribution in [0, 0.1) is 0 Å². The summed E-state index contributed by atoms with van der Waals surface area (Å²) in [7, 11) is 0. The molecule has 218 valence electrons. The van der Waals surface area contributed by atoms with E-state index >= 15 is 0 Å². The molecule has 6 aromatic rings. The standard InChI is InChI=1S/C34H18F6N2O2/c35-33(36,37)24-15-6-12-21-22-13-7-16-25(34(38,39)40)30(22)41(29(21)24)27-18-8-14-23-28(27)32(44)42(31(23)43)26-17-5-4-11-20(26)19-9-2-1-3-10-19/h1-18H. The number of carbonyl (C=O) groups excluding carboxylic acids is 2. The second kappa shape index (κ2) is 9.57. The molecule has 7 rings (SSSR count). The average molecular weight is 601 g/mol. The lowest BCUT2D eigenvalue weighted by molar-refractivity contribution is -0.136. The quantitative estimate of drug-likeness (QED) is 0.150. The fourth-order valence-electron chi connectivity index (χ4n) is 6.02. The Bertz CT molecular complexity index is 2070. The monoisotopic (exact) mass is 600 g/mol. The highest BCUT2D eigenvalue weighted by molar-refractivity contribution is 6.36. The minimum atomic E-state index is -4.94. The van der Waals surface area contributed by atoms with Crippen LogP contribution in [0.5, 0.6) is 0 Å². The van der Waals surface area contributed by atoms with Crippen LogP contribution in [-0.4, -0.2) is 16.4 Å². The maximum absolute atomic E-state index is 14.4. The fourth-order valence-corrected chi connectivity index (χ4v) is 6.02. The van der Waals surface area contributed by atoms with Gasteiger partial charge in [0.1, 0.15) is 0 Å². The number of halogens is 6. The molecule has 0 unspecified atom stereocenters. The third-order valence-corrected chi connectivity index (χ3v) is 7.78. The zero-order valence-electron chi connectivity index (χ0n) is 22.4. The lowest BCUT2D eigenvalue weighted by Gasteiger charge is -2.19. The average Bonchev–Trinajstić information content (AvgIpc) is 3.47. The van der Waals surface area contributed by atoms with Crippen molar-refractivity contribution < 1.29 is 35.9 Å². The number of fused-ring (bicyclic) bond motifs is 4. The first kappa shape index (κ1) is 27.5. The first-order valence-electron chi connectivity index (χ1n) is 13.4. The van der Waals surface area contributed by atoms with Crippen molar-refractivity contribution in [1.29, 1.82) is 0 Å². The second-order valence-electron chi connectivity index (χ2n) is 10.3. The Balaban J connectivity index is 1.55.